The molecule has 3 aliphatic rings. The van der Waals surface area contributed by atoms with E-state index in [-0.39, 0.29) is 11.6 Å². The van der Waals surface area contributed by atoms with Crippen LogP contribution in [-0.2, 0) is 0 Å². The Morgan fingerprint density at radius 2 is 1.85 bits per heavy atom. The number of likely N-dealkylation sites (tertiary alicyclic amines) is 1. The van der Waals surface area contributed by atoms with Crippen LogP contribution < -0.4 is 15.0 Å². The molecule has 3 aromatic rings. The van der Waals surface area contributed by atoms with E-state index in [1.165, 1.54) is 19.3 Å². The number of hydrogen-bond acceptors (Lipinski definition) is 7. The van der Waals surface area contributed by atoms with Crippen molar-refractivity contribution < 1.29 is 9.47 Å². The number of ether oxygens (including phenoxy) is 2. The summed E-state index contributed by atoms with van der Waals surface area (Å²) in [4.78, 5) is 18.9. The highest BCUT2D eigenvalue weighted by Gasteiger charge is 2.35. The highest BCUT2D eigenvalue weighted by Crippen LogP contribution is 2.37. The number of pyridine rings is 1. The lowest BCUT2D eigenvalue weighted by Gasteiger charge is -2.36. The summed E-state index contributed by atoms with van der Waals surface area (Å²) in [5.74, 6) is 2.72. The summed E-state index contributed by atoms with van der Waals surface area (Å²) >= 11 is 0. The number of aromatic nitrogens is 5. The minimum atomic E-state index is -0.287. The van der Waals surface area contributed by atoms with E-state index in [1.807, 2.05) is 22.9 Å². The summed E-state index contributed by atoms with van der Waals surface area (Å²) in [5.41, 5.74) is 1.32. The lowest BCUT2D eigenvalue weighted by Crippen LogP contribution is -2.41. The number of tetrazole rings is 1. The lowest BCUT2D eigenvalue weighted by atomic mass is 9.95. The molecule has 0 spiro atoms. The van der Waals surface area contributed by atoms with Gasteiger partial charge < -0.3 is 14.5 Å². The van der Waals surface area contributed by atoms with Crippen molar-refractivity contribution in [3.05, 3.63) is 39.9 Å². The second kappa shape index (κ2) is 8.44. The molecule has 1 saturated carbocycles. The molecule has 1 N–H and O–H groups in total. The summed E-state index contributed by atoms with van der Waals surface area (Å²) in [5, 5.41) is 13.9. The molecule has 174 valence electrons. The number of piperidine rings is 1. The Balaban J connectivity index is 1.49. The molecule has 2 aromatic heterocycles. The first-order valence-corrected chi connectivity index (χ1v) is 12.2. The summed E-state index contributed by atoms with van der Waals surface area (Å²) in [6.45, 7) is 5.16. The summed E-state index contributed by atoms with van der Waals surface area (Å²) in [7, 11) is 0. The first kappa shape index (κ1) is 20.7. The molecular formula is C24H30N6O3. The quantitative estimate of drug-likeness (QED) is 0.652. The molecule has 0 radical (unpaired) electrons. The lowest BCUT2D eigenvalue weighted by molar-refractivity contribution is 0.139. The van der Waals surface area contributed by atoms with Crippen molar-refractivity contribution in [3.63, 3.8) is 0 Å². The molecule has 9 nitrogen and oxygen atoms in total. The Morgan fingerprint density at radius 3 is 2.64 bits per heavy atom. The Morgan fingerprint density at radius 1 is 1.06 bits per heavy atom. The fraction of sp³-hybridized carbons (Fsp3) is 0.583. The standard InChI is InChI=1S/C24H30N6O3/c1-15-5-4-8-29(14-15)22(23-26-27-28-30(23)17-6-2-3-7-17)18-11-16-12-20-21(33-10-9-32-20)13-19(16)25-24(18)31/h11-13,15,17,22H,2-10,14H2,1H3,(H,25,31)/t15-,22-/m1/s1. The van der Waals surface area contributed by atoms with Crippen molar-refractivity contribution in [3.8, 4) is 11.5 Å². The number of rotatable bonds is 4. The molecule has 0 amide bonds. The van der Waals surface area contributed by atoms with E-state index in [0.717, 1.165) is 49.1 Å². The fourth-order valence-corrected chi connectivity index (χ4v) is 5.71. The number of aromatic amines is 1. The average Bonchev–Trinajstić information content (AvgIpc) is 3.51. The largest absolute Gasteiger partial charge is 0.486 e. The van der Waals surface area contributed by atoms with Crippen LogP contribution in [0, 0.1) is 5.92 Å². The van der Waals surface area contributed by atoms with Gasteiger partial charge in [-0.25, -0.2) is 4.68 Å². The molecule has 4 heterocycles. The minimum absolute atomic E-state index is 0.108. The van der Waals surface area contributed by atoms with Crippen LogP contribution in [0.3, 0.4) is 0 Å². The highest BCUT2D eigenvalue weighted by molar-refractivity contribution is 5.83. The van der Waals surface area contributed by atoms with Crippen molar-refractivity contribution in [2.45, 2.75) is 57.5 Å². The van der Waals surface area contributed by atoms with Gasteiger partial charge in [-0.2, -0.15) is 0 Å². The van der Waals surface area contributed by atoms with Crippen molar-refractivity contribution in [1.82, 2.24) is 30.1 Å². The first-order valence-electron chi connectivity index (χ1n) is 12.2. The first-order chi connectivity index (χ1) is 16.2. The molecule has 2 fully saturated rings. The van der Waals surface area contributed by atoms with Gasteiger partial charge in [0.15, 0.2) is 17.3 Å². The molecule has 0 bridgehead atoms. The van der Waals surface area contributed by atoms with Crippen molar-refractivity contribution in [2.24, 2.45) is 5.92 Å². The molecule has 1 saturated heterocycles. The van der Waals surface area contributed by atoms with E-state index in [4.69, 9.17) is 9.47 Å². The summed E-state index contributed by atoms with van der Waals surface area (Å²) < 4.78 is 13.5. The number of benzene rings is 1. The molecule has 2 aliphatic heterocycles. The predicted octanol–water partition coefficient (Wildman–Crippen LogP) is 3.22. The monoisotopic (exact) mass is 450 g/mol. The van der Waals surface area contributed by atoms with E-state index in [1.54, 1.807) is 0 Å². The van der Waals surface area contributed by atoms with Gasteiger partial charge in [0.05, 0.1) is 11.6 Å². The van der Waals surface area contributed by atoms with Crippen LogP contribution in [0.25, 0.3) is 10.9 Å². The highest BCUT2D eigenvalue weighted by atomic mass is 16.6. The zero-order chi connectivity index (χ0) is 22.4. The fourth-order valence-electron chi connectivity index (χ4n) is 5.71. The van der Waals surface area contributed by atoms with Crippen LogP contribution in [0.15, 0.2) is 23.0 Å². The van der Waals surface area contributed by atoms with Crippen molar-refractivity contribution >= 4 is 10.9 Å². The Labute approximate surface area is 192 Å². The molecule has 1 aromatic carbocycles. The number of nitrogens with one attached hydrogen (secondary N) is 1. The molecule has 0 unspecified atom stereocenters. The Hall–Kier alpha value is -2.94. The Bertz CT molecular complexity index is 1210. The van der Waals surface area contributed by atoms with Gasteiger partial charge in [0.2, 0.25) is 0 Å². The number of nitrogens with zero attached hydrogens (tertiary/aromatic N) is 5. The van der Waals surface area contributed by atoms with Gasteiger partial charge in [-0.05, 0) is 60.7 Å². The topological polar surface area (TPSA) is 98.2 Å². The van der Waals surface area contributed by atoms with Gasteiger partial charge in [0.1, 0.15) is 19.3 Å². The normalized spacial score (nSPS) is 22.6. The van der Waals surface area contributed by atoms with Crippen LogP contribution in [-0.4, -0.2) is 56.4 Å². The van der Waals surface area contributed by atoms with Crippen LogP contribution in [0.5, 0.6) is 11.5 Å². The van der Waals surface area contributed by atoms with Gasteiger partial charge in [0.25, 0.3) is 5.56 Å². The average molecular weight is 451 g/mol. The molecular weight excluding hydrogens is 420 g/mol. The van der Waals surface area contributed by atoms with E-state index >= 15 is 0 Å². The second-order valence-electron chi connectivity index (χ2n) is 9.70. The van der Waals surface area contributed by atoms with E-state index < -0.39 is 0 Å². The van der Waals surface area contributed by atoms with Gasteiger partial charge in [-0.15, -0.1) is 5.10 Å². The maximum atomic E-state index is 13.5. The third-order valence-corrected chi connectivity index (χ3v) is 7.32. The zero-order valence-electron chi connectivity index (χ0n) is 19.0. The predicted molar refractivity (Wildman–Crippen MR) is 123 cm³/mol. The van der Waals surface area contributed by atoms with E-state index in [2.05, 4.69) is 32.3 Å². The number of hydrogen-bond donors (Lipinski definition) is 1. The van der Waals surface area contributed by atoms with Gasteiger partial charge in [-0.3, -0.25) is 9.69 Å². The molecule has 1 aliphatic carbocycles. The molecule has 9 heteroatoms. The zero-order valence-corrected chi connectivity index (χ0v) is 19.0. The van der Waals surface area contributed by atoms with Crippen molar-refractivity contribution in [1.29, 1.82) is 0 Å². The summed E-state index contributed by atoms with van der Waals surface area (Å²) in [6, 6.07) is 5.82. The third kappa shape index (κ3) is 3.78. The third-order valence-electron chi connectivity index (χ3n) is 7.32. The van der Waals surface area contributed by atoms with Crippen LogP contribution in [0.1, 0.15) is 68.9 Å². The number of H-pyrrole nitrogens is 1. The summed E-state index contributed by atoms with van der Waals surface area (Å²) in [6.07, 6.45) is 6.86. The maximum Gasteiger partial charge on any atom is 0.253 e. The molecule has 6 rings (SSSR count). The SMILES string of the molecule is C[C@@H]1CCCN([C@H](c2cc3cc4c(cc3[nH]c2=O)OCCO4)c2nnnn2C2CCCC2)C1. The number of fused-ring (bicyclic) bond motifs is 2. The van der Waals surface area contributed by atoms with Gasteiger partial charge in [-0.1, -0.05) is 19.8 Å². The Kier molecular flexibility index (Phi) is 5.28. The van der Waals surface area contributed by atoms with Crippen LogP contribution in [0.4, 0.5) is 0 Å². The molecule has 33 heavy (non-hydrogen) atoms. The van der Waals surface area contributed by atoms with Gasteiger partial charge in [0, 0.05) is 23.6 Å². The maximum absolute atomic E-state index is 13.5. The molecule has 2 atom stereocenters. The smallest absolute Gasteiger partial charge is 0.253 e. The minimum Gasteiger partial charge on any atom is -0.486 e. The second-order valence-corrected chi connectivity index (χ2v) is 9.70. The van der Waals surface area contributed by atoms with Crippen LogP contribution >= 0.6 is 0 Å². The van der Waals surface area contributed by atoms with E-state index in [0.29, 0.717) is 42.2 Å². The van der Waals surface area contributed by atoms with E-state index in [9.17, 15) is 4.79 Å². The van der Waals surface area contributed by atoms with Crippen molar-refractivity contribution in [2.75, 3.05) is 26.3 Å². The van der Waals surface area contributed by atoms with Gasteiger partial charge >= 0.3 is 0 Å². The van der Waals surface area contributed by atoms with Crippen LogP contribution in [0.2, 0.25) is 0 Å².